The molecule has 2 saturated carbocycles. The van der Waals surface area contributed by atoms with E-state index in [1.807, 2.05) is 19.1 Å². The molecular weight excluding hydrogens is 262 g/mol. The molecule has 4 unspecified atom stereocenters. The summed E-state index contributed by atoms with van der Waals surface area (Å²) >= 11 is 0. The lowest BCUT2D eigenvalue weighted by atomic mass is 9.84. The minimum Gasteiger partial charge on any atom is -0.382 e. The van der Waals surface area contributed by atoms with Crippen molar-refractivity contribution >= 4 is 11.6 Å². The Bertz CT molecular complexity index is 517. The first-order valence-electron chi connectivity index (χ1n) is 8.18. The second-order valence-electron chi connectivity index (χ2n) is 6.56. The number of hydrogen-bond donors (Lipinski definition) is 2. The average Bonchev–Trinajstić information content (AvgIpc) is 3.10. The van der Waals surface area contributed by atoms with Crippen LogP contribution in [0, 0.1) is 17.8 Å². The zero-order valence-electron chi connectivity index (χ0n) is 12.9. The Kier molecular flexibility index (Phi) is 4.13. The third-order valence-corrected chi connectivity index (χ3v) is 5.16. The van der Waals surface area contributed by atoms with Crippen molar-refractivity contribution < 1.29 is 4.79 Å². The van der Waals surface area contributed by atoms with E-state index >= 15 is 0 Å². The first kappa shape index (κ1) is 14.4. The van der Waals surface area contributed by atoms with Gasteiger partial charge < -0.3 is 10.6 Å². The molecule has 4 heteroatoms. The molecule has 4 atom stereocenters. The summed E-state index contributed by atoms with van der Waals surface area (Å²) in [4.78, 5) is 16.0. The molecule has 0 aromatic carbocycles. The van der Waals surface area contributed by atoms with Gasteiger partial charge in [-0.25, -0.2) is 0 Å². The highest BCUT2D eigenvalue weighted by atomic mass is 16.1. The molecule has 3 rings (SSSR count). The van der Waals surface area contributed by atoms with E-state index in [2.05, 4.69) is 22.5 Å². The van der Waals surface area contributed by atoms with Gasteiger partial charge >= 0.3 is 0 Å². The van der Waals surface area contributed by atoms with Gasteiger partial charge in [0, 0.05) is 24.5 Å². The number of amides is 1. The van der Waals surface area contributed by atoms with Crippen LogP contribution in [0.3, 0.4) is 0 Å². The van der Waals surface area contributed by atoms with Crippen molar-refractivity contribution in [3.8, 4) is 0 Å². The predicted octanol–water partition coefficient (Wildman–Crippen LogP) is 3.07. The fourth-order valence-corrected chi connectivity index (χ4v) is 4.17. The summed E-state index contributed by atoms with van der Waals surface area (Å²) in [6, 6.07) is 4.27. The summed E-state index contributed by atoms with van der Waals surface area (Å²) in [6.45, 7) is 4.81. The lowest BCUT2D eigenvalue weighted by Crippen LogP contribution is -2.30. The zero-order valence-corrected chi connectivity index (χ0v) is 12.9. The molecule has 1 aromatic rings. The number of carbonyl (C=O) groups is 1. The van der Waals surface area contributed by atoms with Gasteiger partial charge in [-0.05, 0) is 63.0 Å². The van der Waals surface area contributed by atoms with E-state index in [9.17, 15) is 4.79 Å². The minimum atomic E-state index is -0.103. The lowest BCUT2D eigenvalue weighted by molar-refractivity contribution is 0.0951. The Hall–Kier alpha value is -1.58. The maximum atomic E-state index is 11.8. The molecule has 0 aliphatic heterocycles. The van der Waals surface area contributed by atoms with Crippen LogP contribution in [0.4, 0.5) is 5.69 Å². The molecule has 21 heavy (non-hydrogen) atoms. The highest BCUT2D eigenvalue weighted by molar-refractivity contribution is 5.93. The number of nitrogens with one attached hydrogen (secondary N) is 2. The molecule has 2 fully saturated rings. The molecule has 2 bridgehead atoms. The molecule has 4 nitrogen and oxygen atoms in total. The SMILES string of the molecule is CCNC(=O)c1cc(NC(C)C2CC3CCC2C3)ccn1. The van der Waals surface area contributed by atoms with E-state index in [-0.39, 0.29) is 5.91 Å². The van der Waals surface area contributed by atoms with Gasteiger partial charge in [-0.1, -0.05) is 6.42 Å². The summed E-state index contributed by atoms with van der Waals surface area (Å²) in [7, 11) is 0. The van der Waals surface area contributed by atoms with Gasteiger partial charge in [0.05, 0.1) is 0 Å². The summed E-state index contributed by atoms with van der Waals surface area (Å²) < 4.78 is 0. The van der Waals surface area contributed by atoms with E-state index in [1.165, 1.54) is 25.7 Å². The number of anilines is 1. The van der Waals surface area contributed by atoms with Crippen molar-refractivity contribution in [2.45, 2.75) is 45.6 Å². The second-order valence-corrected chi connectivity index (χ2v) is 6.56. The number of pyridine rings is 1. The maximum Gasteiger partial charge on any atom is 0.269 e. The van der Waals surface area contributed by atoms with Gasteiger partial charge in [0.25, 0.3) is 5.91 Å². The van der Waals surface area contributed by atoms with Gasteiger partial charge in [-0.15, -0.1) is 0 Å². The van der Waals surface area contributed by atoms with Gasteiger partial charge in [0.2, 0.25) is 0 Å². The Morgan fingerprint density at radius 1 is 1.43 bits per heavy atom. The Labute approximate surface area is 126 Å². The fraction of sp³-hybridized carbons (Fsp3) is 0.647. The second kappa shape index (κ2) is 6.04. The van der Waals surface area contributed by atoms with Gasteiger partial charge in [0.15, 0.2) is 0 Å². The van der Waals surface area contributed by atoms with E-state index in [1.54, 1.807) is 6.20 Å². The van der Waals surface area contributed by atoms with Gasteiger partial charge in [0.1, 0.15) is 5.69 Å². The van der Waals surface area contributed by atoms with Crippen molar-refractivity contribution in [1.29, 1.82) is 0 Å². The van der Waals surface area contributed by atoms with E-state index < -0.39 is 0 Å². The summed E-state index contributed by atoms with van der Waals surface area (Å²) in [5.74, 6) is 2.55. The molecule has 1 aromatic heterocycles. The first-order chi connectivity index (χ1) is 10.2. The van der Waals surface area contributed by atoms with Crippen LogP contribution in [0.15, 0.2) is 18.3 Å². The summed E-state index contributed by atoms with van der Waals surface area (Å²) in [6.07, 6.45) is 7.34. The maximum absolute atomic E-state index is 11.8. The molecule has 2 N–H and O–H groups in total. The minimum absolute atomic E-state index is 0.103. The predicted molar refractivity (Wildman–Crippen MR) is 84.3 cm³/mol. The quantitative estimate of drug-likeness (QED) is 0.875. The summed E-state index contributed by atoms with van der Waals surface area (Å²) in [5, 5.41) is 6.38. The van der Waals surface area contributed by atoms with Crippen LogP contribution >= 0.6 is 0 Å². The molecule has 2 aliphatic rings. The Balaban J connectivity index is 1.64. The number of hydrogen-bond acceptors (Lipinski definition) is 3. The van der Waals surface area contributed by atoms with Crippen LogP contribution in [0.5, 0.6) is 0 Å². The van der Waals surface area contributed by atoms with Crippen molar-refractivity contribution in [1.82, 2.24) is 10.3 Å². The standard InChI is InChI=1S/C17H25N3O/c1-3-18-17(21)16-10-14(6-7-19-16)20-11(2)15-9-12-4-5-13(15)8-12/h6-7,10-13,15H,3-5,8-9H2,1-2H3,(H,18,21)(H,19,20). The Morgan fingerprint density at radius 2 is 2.29 bits per heavy atom. The molecule has 2 aliphatic carbocycles. The average molecular weight is 287 g/mol. The van der Waals surface area contributed by atoms with Crippen LogP contribution < -0.4 is 10.6 Å². The third kappa shape index (κ3) is 3.04. The number of carbonyl (C=O) groups excluding carboxylic acids is 1. The fourth-order valence-electron chi connectivity index (χ4n) is 4.17. The molecule has 1 heterocycles. The molecular formula is C17H25N3O. The topological polar surface area (TPSA) is 54.0 Å². The number of aromatic nitrogens is 1. The number of nitrogens with zero attached hydrogens (tertiary/aromatic N) is 1. The van der Waals surface area contributed by atoms with Gasteiger partial charge in [-0.2, -0.15) is 0 Å². The zero-order chi connectivity index (χ0) is 14.8. The van der Waals surface area contributed by atoms with E-state index in [0.717, 1.165) is 23.4 Å². The first-order valence-corrected chi connectivity index (χ1v) is 8.18. The summed E-state index contributed by atoms with van der Waals surface area (Å²) in [5.41, 5.74) is 1.49. The Morgan fingerprint density at radius 3 is 2.95 bits per heavy atom. The van der Waals surface area contributed by atoms with Crippen LogP contribution in [0.2, 0.25) is 0 Å². The van der Waals surface area contributed by atoms with Gasteiger partial charge in [-0.3, -0.25) is 9.78 Å². The third-order valence-electron chi connectivity index (χ3n) is 5.16. The highest BCUT2D eigenvalue weighted by Crippen LogP contribution is 2.49. The molecule has 0 spiro atoms. The largest absolute Gasteiger partial charge is 0.382 e. The van der Waals surface area contributed by atoms with Crippen molar-refractivity contribution in [2.24, 2.45) is 17.8 Å². The number of fused-ring (bicyclic) bond motifs is 2. The van der Waals surface area contributed by atoms with Crippen LogP contribution in [0.25, 0.3) is 0 Å². The molecule has 0 radical (unpaired) electrons. The molecule has 114 valence electrons. The monoisotopic (exact) mass is 287 g/mol. The van der Waals surface area contributed by atoms with Crippen LogP contribution in [0.1, 0.15) is 50.0 Å². The van der Waals surface area contributed by atoms with Crippen LogP contribution in [-0.2, 0) is 0 Å². The van der Waals surface area contributed by atoms with Crippen molar-refractivity contribution in [3.05, 3.63) is 24.0 Å². The molecule has 0 saturated heterocycles. The lowest BCUT2D eigenvalue weighted by Gasteiger charge is -2.29. The normalized spacial score (nSPS) is 28.4. The number of rotatable bonds is 5. The highest BCUT2D eigenvalue weighted by Gasteiger charge is 2.41. The van der Waals surface area contributed by atoms with Crippen LogP contribution in [-0.4, -0.2) is 23.5 Å². The van der Waals surface area contributed by atoms with Crippen molar-refractivity contribution in [2.75, 3.05) is 11.9 Å². The van der Waals surface area contributed by atoms with E-state index in [4.69, 9.17) is 0 Å². The van der Waals surface area contributed by atoms with Crippen molar-refractivity contribution in [3.63, 3.8) is 0 Å². The van der Waals surface area contributed by atoms with E-state index in [0.29, 0.717) is 18.3 Å². The smallest absolute Gasteiger partial charge is 0.269 e. The molecule has 1 amide bonds.